The molecule has 1 heterocycles. The van der Waals surface area contributed by atoms with Crippen molar-refractivity contribution in [3.63, 3.8) is 0 Å². The predicted octanol–water partition coefficient (Wildman–Crippen LogP) is 3.47. The van der Waals surface area contributed by atoms with Crippen molar-refractivity contribution in [1.29, 1.82) is 0 Å². The van der Waals surface area contributed by atoms with E-state index in [-0.39, 0.29) is 0 Å². The van der Waals surface area contributed by atoms with Crippen LogP contribution in [0, 0.1) is 5.41 Å². The van der Waals surface area contributed by atoms with Crippen LogP contribution in [0.2, 0.25) is 0 Å². The van der Waals surface area contributed by atoms with E-state index in [0.29, 0.717) is 18.1 Å². The molecule has 1 aromatic rings. The zero-order chi connectivity index (χ0) is 15.3. The molecule has 0 aromatic heterocycles. The molecule has 3 rings (SSSR count). The summed E-state index contributed by atoms with van der Waals surface area (Å²) in [7, 11) is 0. The maximum absolute atomic E-state index is 5.95. The summed E-state index contributed by atoms with van der Waals surface area (Å²) in [5.41, 5.74) is 1.74. The lowest BCUT2D eigenvalue weighted by molar-refractivity contribution is -0.194. The SMILES string of the molecule is NN=NC1CCC2(CC1)CCN(OCc1ccccc1)CC2. The van der Waals surface area contributed by atoms with Gasteiger partial charge in [-0.05, 0) is 49.5 Å². The first-order valence-electron chi connectivity index (χ1n) is 8.32. The summed E-state index contributed by atoms with van der Waals surface area (Å²) in [6.07, 6.45) is 7.23. The third-order valence-corrected chi connectivity index (χ3v) is 5.29. The van der Waals surface area contributed by atoms with Gasteiger partial charge in [0.1, 0.15) is 0 Å². The molecule has 1 aromatic carbocycles. The summed E-state index contributed by atoms with van der Waals surface area (Å²) >= 11 is 0. The van der Waals surface area contributed by atoms with Crippen LogP contribution in [-0.4, -0.2) is 24.2 Å². The number of nitrogens with zero attached hydrogens (tertiary/aromatic N) is 3. The number of nitrogens with two attached hydrogens (primary N) is 1. The maximum Gasteiger partial charge on any atom is 0.0935 e. The second kappa shape index (κ2) is 7.20. The fraction of sp³-hybridized carbons (Fsp3) is 0.647. The van der Waals surface area contributed by atoms with Crippen molar-refractivity contribution in [1.82, 2.24) is 5.06 Å². The third kappa shape index (κ3) is 3.84. The average molecular weight is 302 g/mol. The topological polar surface area (TPSA) is 63.2 Å². The molecule has 0 atom stereocenters. The van der Waals surface area contributed by atoms with Gasteiger partial charge in [0.15, 0.2) is 0 Å². The number of hydroxylamine groups is 2. The van der Waals surface area contributed by atoms with E-state index in [1.807, 2.05) is 6.07 Å². The lowest BCUT2D eigenvalue weighted by Crippen LogP contribution is -2.42. The van der Waals surface area contributed by atoms with Crippen molar-refractivity contribution >= 4 is 0 Å². The van der Waals surface area contributed by atoms with Crippen molar-refractivity contribution in [3.8, 4) is 0 Å². The highest BCUT2D eigenvalue weighted by atomic mass is 16.7. The standard InChI is InChI=1S/C17H26N4O/c18-20-19-16-6-8-17(9-7-16)10-12-21(13-11-17)22-14-15-4-2-1-3-5-15/h1-5,16H,6-14H2,(H2,18,19). The number of piperidine rings is 1. The molecule has 22 heavy (non-hydrogen) atoms. The number of hydrogen-bond acceptors (Lipinski definition) is 4. The lowest BCUT2D eigenvalue weighted by Gasteiger charge is -2.44. The Kier molecular flexibility index (Phi) is 5.05. The minimum atomic E-state index is 0.350. The fourth-order valence-corrected chi connectivity index (χ4v) is 3.75. The van der Waals surface area contributed by atoms with Crippen molar-refractivity contribution in [2.45, 2.75) is 51.2 Å². The lowest BCUT2D eigenvalue weighted by atomic mass is 9.67. The van der Waals surface area contributed by atoms with Gasteiger partial charge < -0.3 is 5.84 Å². The van der Waals surface area contributed by atoms with E-state index >= 15 is 0 Å². The van der Waals surface area contributed by atoms with Gasteiger partial charge in [-0.25, -0.2) is 0 Å². The molecule has 5 nitrogen and oxygen atoms in total. The van der Waals surface area contributed by atoms with Gasteiger partial charge in [-0.2, -0.15) is 10.2 Å². The molecule has 0 radical (unpaired) electrons. The van der Waals surface area contributed by atoms with E-state index < -0.39 is 0 Å². The molecule has 0 bridgehead atoms. The monoisotopic (exact) mass is 302 g/mol. The Morgan fingerprint density at radius 3 is 2.41 bits per heavy atom. The number of hydrogen-bond donors (Lipinski definition) is 1. The van der Waals surface area contributed by atoms with Gasteiger partial charge in [0.25, 0.3) is 0 Å². The van der Waals surface area contributed by atoms with E-state index in [1.165, 1.54) is 31.2 Å². The van der Waals surface area contributed by atoms with Crippen LogP contribution >= 0.6 is 0 Å². The molecule has 1 aliphatic carbocycles. The summed E-state index contributed by atoms with van der Waals surface area (Å²) in [4.78, 5) is 5.95. The molecule has 1 saturated heterocycles. The normalized spacial score (nSPS) is 23.3. The Morgan fingerprint density at radius 2 is 1.77 bits per heavy atom. The van der Waals surface area contributed by atoms with Crippen LogP contribution in [0.15, 0.2) is 40.7 Å². The molecule has 2 fully saturated rings. The summed E-state index contributed by atoms with van der Waals surface area (Å²) in [5, 5.41) is 9.70. The first-order valence-corrected chi connectivity index (χ1v) is 8.32. The van der Waals surface area contributed by atoms with E-state index in [4.69, 9.17) is 10.7 Å². The highest BCUT2D eigenvalue weighted by Crippen LogP contribution is 2.45. The number of rotatable bonds is 4. The molecule has 5 heteroatoms. The Bertz CT molecular complexity index is 473. The zero-order valence-corrected chi connectivity index (χ0v) is 13.2. The van der Waals surface area contributed by atoms with Crippen LogP contribution in [0.5, 0.6) is 0 Å². The van der Waals surface area contributed by atoms with Crippen LogP contribution in [0.4, 0.5) is 0 Å². The summed E-state index contributed by atoms with van der Waals surface area (Å²) in [5.74, 6) is 5.16. The van der Waals surface area contributed by atoms with Gasteiger partial charge in [0.2, 0.25) is 0 Å². The second-order valence-electron chi connectivity index (χ2n) is 6.65. The van der Waals surface area contributed by atoms with E-state index in [2.05, 4.69) is 39.7 Å². The zero-order valence-electron chi connectivity index (χ0n) is 13.2. The first-order chi connectivity index (χ1) is 10.8. The van der Waals surface area contributed by atoms with Crippen LogP contribution < -0.4 is 5.84 Å². The van der Waals surface area contributed by atoms with Crippen LogP contribution in [0.25, 0.3) is 0 Å². The van der Waals surface area contributed by atoms with Gasteiger partial charge in [-0.15, -0.1) is 0 Å². The van der Waals surface area contributed by atoms with Gasteiger partial charge in [0.05, 0.1) is 12.6 Å². The minimum absolute atomic E-state index is 0.350. The smallest absolute Gasteiger partial charge is 0.0935 e. The maximum atomic E-state index is 5.95. The molecule has 1 saturated carbocycles. The molecule has 2 aliphatic rings. The summed E-state index contributed by atoms with van der Waals surface area (Å²) in [6.45, 7) is 2.75. The van der Waals surface area contributed by atoms with Crippen molar-refractivity contribution in [2.24, 2.45) is 21.6 Å². The Labute approximate surface area is 132 Å². The van der Waals surface area contributed by atoms with Crippen molar-refractivity contribution in [2.75, 3.05) is 13.1 Å². The van der Waals surface area contributed by atoms with E-state index in [1.54, 1.807) is 0 Å². The first kappa shape index (κ1) is 15.4. The Balaban J connectivity index is 1.43. The van der Waals surface area contributed by atoms with E-state index in [9.17, 15) is 0 Å². The average Bonchev–Trinajstić information content (AvgIpc) is 2.58. The molecule has 120 valence electrons. The van der Waals surface area contributed by atoms with Gasteiger partial charge in [-0.1, -0.05) is 35.6 Å². The summed E-state index contributed by atoms with van der Waals surface area (Å²) < 4.78 is 0. The summed E-state index contributed by atoms with van der Waals surface area (Å²) in [6, 6.07) is 10.7. The van der Waals surface area contributed by atoms with Crippen LogP contribution in [0.1, 0.15) is 44.1 Å². The molecule has 0 amide bonds. The largest absolute Gasteiger partial charge is 0.305 e. The van der Waals surface area contributed by atoms with Crippen LogP contribution in [-0.2, 0) is 11.4 Å². The predicted molar refractivity (Wildman–Crippen MR) is 85.8 cm³/mol. The van der Waals surface area contributed by atoms with Crippen molar-refractivity contribution in [3.05, 3.63) is 35.9 Å². The van der Waals surface area contributed by atoms with Gasteiger partial charge in [-0.3, -0.25) is 4.84 Å². The fourth-order valence-electron chi connectivity index (χ4n) is 3.75. The van der Waals surface area contributed by atoms with Gasteiger partial charge >= 0.3 is 0 Å². The molecular formula is C17H26N4O. The van der Waals surface area contributed by atoms with Crippen LogP contribution in [0.3, 0.4) is 0 Å². The number of benzene rings is 1. The molecule has 2 N–H and O–H groups in total. The highest BCUT2D eigenvalue weighted by molar-refractivity contribution is 5.13. The van der Waals surface area contributed by atoms with E-state index in [0.717, 1.165) is 25.9 Å². The third-order valence-electron chi connectivity index (χ3n) is 5.29. The Morgan fingerprint density at radius 1 is 1.09 bits per heavy atom. The van der Waals surface area contributed by atoms with Gasteiger partial charge in [0, 0.05) is 13.1 Å². The molecule has 1 spiro atoms. The molecular weight excluding hydrogens is 276 g/mol. The Hall–Kier alpha value is -1.46. The molecule has 0 unspecified atom stereocenters. The molecule has 1 aliphatic heterocycles. The highest BCUT2D eigenvalue weighted by Gasteiger charge is 2.38. The quantitative estimate of drug-likeness (QED) is 0.526. The van der Waals surface area contributed by atoms with Crippen molar-refractivity contribution < 1.29 is 4.84 Å². The second-order valence-corrected chi connectivity index (χ2v) is 6.65. The minimum Gasteiger partial charge on any atom is -0.305 e.